The second-order valence-corrected chi connectivity index (χ2v) is 7.65. The van der Waals surface area contributed by atoms with Crippen LogP contribution in [-0.2, 0) is 13.1 Å². The van der Waals surface area contributed by atoms with Gasteiger partial charge >= 0.3 is 6.03 Å². The Bertz CT molecular complexity index is 620. The Morgan fingerprint density at radius 2 is 2.28 bits per heavy atom. The Labute approximate surface area is 154 Å². The molecule has 0 aromatic carbocycles. The highest BCUT2D eigenvalue weighted by Gasteiger charge is 2.27. The molecule has 3 rings (SSSR count). The smallest absolute Gasteiger partial charge is 0.318 e. The van der Waals surface area contributed by atoms with E-state index in [0.29, 0.717) is 12.6 Å². The van der Waals surface area contributed by atoms with Crippen LogP contribution >= 0.6 is 11.3 Å². The van der Waals surface area contributed by atoms with Crippen LogP contribution in [0.2, 0.25) is 0 Å². The molecule has 0 saturated heterocycles. The second-order valence-electron chi connectivity index (χ2n) is 6.87. The van der Waals surface area contributed by atoms with Gasteiger partial charge in [-0.25, -0.2) is 9.78 Å². The predicted molar refractivity (Wildman–Crippen MR) is 102 cm³/mol. The number of carbonyl (C=O) groups excluding carboxylic acids is 1. The number of nitrogens with zero attached hydrogens (tertiary/aromatic N) is 3. The zero-order chi connectivity index (χ0) is 17.5. The molecule has 1 atom stereocenters. The summed E-state index contributed by atoms with van der Waals surface area (Å²) in [6, 6.07) is 2.68. The molecule has 6 heteroatoms. The number of amides is 2. The van der Waals surface area contributed by atoms with Crippen LogP contribution in [0.5, 0.6) is 0 Å². The number of thiophene rings is 1. The van der Waals surface area contributed by atoms with E-state index in [0.717, 1.165) is 25.8 Å². The van der Waals surface area contributed by atoms with E-state index in [1.54, 1.807) is 23.9 Å². The van der Waals surface area contributed by atoms with Gasteiger partial charge in [0.2, 0.25) is 0 Å². The van der Waals surface area contributed by atoms with Gasteiger partial charge in [-0.3, -0.25) is 0 Å². The Morgan fingerprint density at radius 3 is 2.92 bits per heavy atom. The maximum atomic E-state index is 13.1. The fraction of sp³-hybridized carbons (Fsp3) is 0.579. The normalized spacial score (nSPS) is 16.5. The summed E-state index contributed by atoms with van der Waals surface area (Å²) in [7, 11) is 0. The molecule has 1 aliphatic carbocycles. The van der Waals surface area contributed by atoms with Gasteiger partial charge in [0.15, 0.2) is 0 Å². The number of hydrogen-bond acceptors (Lipinski definition) is 3. The lowest BCUT2D eigenvalue weighted by Crippen LogP contribution is -2.50. The SMILES string of the molecule is CCC(Cn1ccnc1)NC(=O)N(Cc1ccsc1)C1CCCCC1. The van der Waals surface area contributed by atoms with Gasteiger partial charge in [-0.1, -0.05) is 26.2 Å². The third-order valence-corrected chi connectivity index (χ3v) is 5.75. The van der Waals surface area contributed by atoms with Gasteiger partial charge in [-0.15, -0.1) is 0 Å². The Morgan fingerprint density at radius 1 is 1.44 bits per heavy atom. The summed E-state index contributed by atoms with van der Waals surface area (Å²) in [6.07, 6.45) is 12.4. The van der Waals surface area contributed by atoms with Crippen molar-refractivity contribution in [3.8, 4) is 0 Å². The van der Waals surface area contributed by atoms with Crippen molar-refractivity contribution in [2.75, 3.05) is 0 Å². The lowest BCUT2D eigenvalue weighted by atomic mass is 9.94. The minimum Gasteiger partial charge on any atom is -0.335 e. The number of nitrogens with one attached hydrogen (secondary N) is 1. The summed E-state index contributed by atoms with van der Waals surface area (Å²) in [5, 5.41) is 7.48. The molecule has 25 heavy (non-hydrogen) atoms. The van der Waals surface area contributed by atoms with E-state index in [1.807, 2.05) is 10.8 Å². The van der Waals surface area contributed by atoms with E-state index in [4.69, 9.17) is 0 Å². The first-order valence-electron chi connectivity index (χ1n) is 9.30. The van der Waals surface area contributed by atoms with Crippen LogP contribution in [0.3, 0.4) is 0 Å². The highest BCUT2D eigenvalue weighted by molar-refractivity contribution is 7.07. The van der Waals surface area contributed by atoms with Crippen molar-refractivity contribution in [3.05, 3.63) is 41.1 Å². The molecular formula is C19H28N4OS. The van der Waals surface area contributed by atoms with Crippen molar-refractivity contribution in [1.29, 1.82) is 0 Å². The molecule has 0 spiro atoms. The average molecular weight is 361 g/mol. The highest BCUT2D eigenvalue weighted by Crippen LogP contribution is 2.25. The molecular weight excluding hydrogens is 332 g/mol. The summed E-state index contributed by atoms with van der Waals surface area (Å²) in [5.41, 5.74) is 1.23. The number of aromatic nitrogens is 2. The van der Waals surface area contributed by atoms with Gasteiger partial charge in [0, 0.05) is 37.6 Å². The minimum atomic E-state index is 0.0741. The number of imidazole rings is 1. The maximum Gasteiger partial charge on any atom is 0.318 e. The van der Waals surface area contributed by atoms with E-state index in [2.05, 4.69) is 39.0 Å². The summed E-state index contributed by atoms with van der Waals surface area (Å²) in [6.45, 7) is 3.59. The maximum absolute atomic E-state index is 13.1. The number of rotatable bonds is 7. The molecule has 1 N–H and O–H groups in total. The molecule has 2 aromatic heterocycles. The first-order chi connectivity index (χ1) is 12.3. The zero-order valence-corrected chi connectivity index (χ0v) is 15.8. The molecule has 5 nitrogen and oxygen atoms in total. The summed E-state index contributed by atoms with van der Waals surface area (Å²) in [4.78, 5) is 19.2. The van der Waals surface area contributed by atoms with Crippen molar-refractivity contribution in [3.63, 3.8) is 0 Å². The average Bonchev–Trinajstić information content (AvgIpc) is 3.33. The minimum absolute atomic E-state index is 0.0741. The van der Waals surface area contributed by atoms with Crippen molar-refractivity contribution in [1.82, 2.24) is 19.8 Å². The molecule has 0 bridgehead atoms. The Balaban J connectivity index is 1.66. The van der Waals surface area contributed by atoms with Crippen LogP contribution in [-0.4, -0.2) is 32.6 Å². The number of urea groups is 1. The van der Waals surface area contributed by atoms with E-state index in [1.165, 1.54) is 24.8 Å². The van der Waals surface area contributed by atoms with Crippen molar-refractivity contribution in [2.24, 2.45) is 0 Å². The van der Waals surface area contributed by atoms with Crippen LogP contribution in [0.25, 0.3) is 0 Å². The molecule has 1 fully saturated rings. The lowest BCUT2D eigenvalue weighted by Gasteiger charge is -2.35. The molecule has 2 heterocycles. The van der Waals surface area contributed by atoms with E-state index in [9.17, 15) is 4.79 Å². The quantitative estimate of drug-likeness (QED) is 0.802. The highest BCUT2D eigenvalue weighted by atomic mass is 32.1. The Hall–Kier alpha value is -1.82. The topological polar surface area (TPSA) is 50.2 Å². The van der Waals surface area contributed by atoms with Gasteiger partial charge in [-0.05, 0) is 41.7 Å². The van der Waals surface area contributed by atoms with Crippen molar-refractivity contribution >= 4 is 17.4 Å². The third-order valence-electron chi connectivity index (χ3n) is 5.02. The van der Waals surface area contributed by atoms with Gasteiger partial charge < -0.3 is 14.8 Å². The van der Waals surface area contributed by atoms with Crippen LogP contribution in [0, 0.1) is 0 Å². The third kappa shape index (κ3) is 5.08. The van der Waals surface area contributed by atoms with E-state index < -0.39 is 0 Å². The van der Waals surface area contributed by atoms with Crippen LogP contribution in [0.15, 0.2) is 35.5 Å². The lowest BCUT2D eigenvalue weighted by molar-refractivity contribution is 0.146. The molecule has 1 saturated carbocycles. The van der Waals surface area contributed by atoms with Gasteiger partial charge in [0.1, 0.15) is 0 Å². The van der Waals surface area contributed by atoms with Gasteiger partial charge in [0.25, 0.3) is 0 Å². The molecule has 2 aromatic rings. The second kappa shape index (κ2) is 9.04. The Kier molecular flexibility index (Phi) is 6.50. The molecule has 2 amide bonds. The van der Waals surface area contributed by atoms with Gasteiger partial charge in [-0.2, -0.15) is 11.3 Å². The molecule has 1 aliphatic rings. The van der Waals surface area contributed by atoms with Crippen LogP contribution < -0.4 is 5.32 Å². The van der Waals surface area contributed by atoms with E-state index in [-0.39, 0.29) is 12.1 Å². The number of hydrogen-bond donors (Lipinski definition) is 1. The summed E-state index contributed by atoms with van der Waals surface area (Å²) < 4.78 is 2.03. The molecule has 0 radical (unpaired) electrons. The van der Waals surface area contributed by atoms with Crippen molar-refractivity contribution < 1.29 is 4.79 Å². The largest absolute Gasteiger partial charge is 0.335 e. The standard InChI is InChI=1S/C19H28N4OS/c1-2-17(13-22-10-9-20-15-22)21-19(24)23(12-16-8-11-25-14-16)18-6-4-3-5-7-18/h8-11,14-15,17-18H,2-7,12-13H2,1H3,(H,21,24). The summed E-state index contributed by atoms with van der Waals surface area (Å²) >= 11 is 1.69. The zero-order valence-electron chi connectivity index (χ0n) is 14.9. The van der Waals surface area contributed by atoms with Gasteiger partial charge in [0.05, 0.1) is 6.33 Å². The first kappa shape index (κ1) is 18.0. The molecule has 1 unspecified atom stereocenters. The molecule has 136 valence electrons. The van der Waals surface area contributed by atoms with Crippen molar-refractivity contribution in [2.45, 2.75) is 70.6 Å². The van der Waals surface area contributed by atoms with Crippen LogP contribution in [0.1, 0.15) is 51.0 Å². The predicted octanol–water partition coefficient (Wildman–Crippen LogP) is 4.27. The number of carbonyl (C=O) groups is 1. The fourth-order valence-electron chi connectivity index (χ4n) is 3.52. The first-order valence-corrected chi connectivity index (χ1v) is 10.2. The monoisotopic (exact) mass is 360 g/mol. The van der Waals surface area contributed by atoms with E-state index >= 15 is 0 Å². The fourth-order valence-corrected chi connectivity index (χ4v) is 4.18. The molecule has 0 aliphatic heterocycles. The summed E-state index contributed by atoms with van der Waals surface area (Å²) in [5.74, 6) is 0. The van der Waals surface area contributed by atoms with Crippen LogP contribution in [0.4, 0.5) is 4.79 Å².